The van der Waals surface area contributed by atoms with Gasteiger partial charge in [0.15, 0.2) is 49.7 Å². The van der Waals surface area contributed by atoms with E-state index in [1.54, 1.807) is 0 Å². The predicted molar refractivity (Wildman–Crippen MR) is 262 cm³/mol. The van der Waals surface area contributed by atoms with Crippen molar-refractivity contribution < 1.29 is 229 Å². The van der Waals surface area contributed by atoms with Gasteiger partial charge in [-0.15, -0.1) is 0 Å². The van der Waals surface area contributed by atoms with Crippen LogP contribution in [0.25, 0.3) is 0 Å². The van der Waals surface area contributed by atoms with E-state index in [-0.39, 0.29) is 0 Å². The van der Waals surface area contributed by atoms with Gasteiger partial charge in [-0.1, -0.05) is 0 Å². The molecular weight excluding hydrogens is 1450 g/mol. The number of nitrogens with one attached hydrogen (secondary N) is 3. The van der Waals surface area contributed by atoms with E-state index in [2.05, 4.69) is 20.9 Å². The average molecular weight is 1510 g/mol. The fourth-order valence-corrected chi connectivity index (χ4v) is 11.9. The van der Waals surface area contributed by atoms with Crippen LogP contribution in [0.3, 0.4) is 0 Å². The predicted octanol–water partition coefficient (Wildman–Crippen LogP) is -13.8. The van der Waals surface area contributed by atoms with E-state index in [1.807, 2.05) is 0 Å². The summed E-state index contributed by atoms with van der Waals surface area (Å²) in [5, 5.41) is 88.6. The summed E-state index contributed by atoms with van der Waals surface area (Å²) in [5.74, 6) is -5.90. The van der Waals surface area contributed by atoms with E-state index >= 15 is 0 Å². The summed E-state index contributed by atoms with van der Waals surface area (Å²) in [4.78, 5) is 26.2. The number of carbonyl (C=O) groups is 2. The van der Waals surface area contributed by atoms with Crippen molar-refractivity contribution in [2.45, 2.75) is 153 Å². The van der Waals surface area contributed by atoms with Crippen LogP contribution in [-0.2, 0) is 161 Å². The van der Waals surface area contributed by atoms with Crippen LogP contribution in [0.5, 0.6) is 0 Å². The molecule has 5 aliphatic rings. The lowest BCUT2D eigenvalue weighted by Gasteiger charge is -2.50. The van der Waals surface area contributed by atoms with Crippen LogP contribution >= 0.6 is 0 Å². The smallest absolute Gasteiger partial charge is 0.397 e. The summed E-state index contributed by atoms with van der Waals surface area (Å²) in [7, 11) is -48.0. The lowest BCUT2D eigenvalue weighted by molar-refractivity contribution is -0.373. The molecular formula is C31H53N3O49S8. The zero-order valence-electron chi connectivity index (χ0n) is 48.6. The SMILES string of the molecule is [2H][C@@]1(O[C@H]2[C@H](O)[C@@H](NS(=O)(=O)O)[C@@H](OC)O[C@@H]2COS(=O)(=O)O)O[C@@]([2H])(C(=O)O)[C@@]([2H])(O[C@H]2O[C@H](COS(=O)(=O)O)[C@H](O[C@@H]3O[C@H](C(=O)O)[C@@H](O[C@H]4O[C@H](COS(=O)(=O)O)[C@@H](O)[C@H](O)[C@H]4NS(=O)(=O)O)[C@H](O)[C@H]3O)[C@H](OS(=O)(=O)O)[C@H]2NS(=O)(=O)O)[C@]([2H])(O)[C@@]1([2H])OS(=O)(=O)O. The average Bonchev–Trinajstić information content (AvgIpc) is 0.670. The molecule has 0 radical (unpaired) electrons. The molecule has 0 amide bonds. The molecule has 5 rings (SSSR count). The zero-order valence-corrected chi connectivity index (χ0v) is 50.1. The second kappa shape index (κ2) is 29.9. The summed E-state index contributed by atoms with van der Waals surface area (Å²) >= 11 is 0. The van der Waals surface area contributed by atoms with Crippen molar-refractivity contribution in [3.63, 3.8) is 0 Å². The summed E-state index contributed by atoms with van der Waals surface area (Å²) in [6.07, 6.45) is -79.6. The first-order valence-corrected chi connectivity index (χ1v) is 34.1. The molecule has 0 aromatic rings. The van der Waals surface area contributed by atoms with E-state index in [1.165, 1.54) is 9.44 Å². The molecule has 19 N–H and O–H groups in total. The quantitative estimate of drug-likeness (QED) is 0.0297. The van der Waals surface area contributed by atoms with E-state index in [9.17, 15) is 150 Å². The molecule has 5 aliphatic heterocycles. The van der Waals surface area contributed by atoms with Crippen LogP contribution in [0.4, 0.5) is 0 Å². The van der Waals surface area contributed by atoms with Gasteiger partial charge >= 0.3 is 94.8 Å². The van der Waals surface area contributed by atoms with E-state index in [4.69, 9.17) is 58.8 Å². The Labute approximate surface area is 516 Å². The molecule has 5 saturated heterocycles. The Morgan fingerprint density at radius 3 is 1.30 bits per heavy atom. The van der Waals surface area contributed by atoms with Crippen molar-refractivity contribution >= 4 is 94.8 Å². The number of carboxylic acid groups (broad SMARTS) is 2. The van der Waals surface area contributed by atoms with E-state index in [0.717, 1.165) is 4.72 Å². The number of aliphatic hydroxyl groups excluding tert-OH is 5. The topological polar surface area (TPSA) is 805 Å². The Bertz CT molecular complexity index is 3790. The van der Waals surface area contributed by atoms with Crippen LogP contribution in [0.1, 0.15) is 6.85 Å². The number of hydrogen-bond acceptors (Lipinski definition) is 39. The van der Waals surface area contributed by atoms with Gasteiger partial charge in [0.25, 0.3) is 0 Å². The van der Waals surface area contributed by atoms with Gasteiger partial charge in [0.1, 0.15) is 104 Å². The van der Waals surface area contributed by atoms with Gasteiger partial charge in [0, 0.05) is 7.11 Å². The third kappa shape index (κ3) is 22.9. The Kier molecular flexibility index (Phi) is 23.4. The minimum atomic E-state index is -6.92. The monoisotopic (exact) mass is 1510 g/mol. The van der Waals surface area contributed by atoms with Gasteiger partial charge < -0.3 is 88.2 Å². The minimum absolute atomic E-state index is 0.602. The molecule has 60 heteroatoms. The summed E-state index contributed by atoms with van der Waals surface area (Å²) in [6, 6.07) is -9.03. The number of methoxy groups -OCH3 is 1. The van der Waals surface area contributed by atoms with Gasteiger partial charge in [-0.25, -0.2) is 30.5 Å². The highest BCUT2D eigenvalue weighted by Crippen LogP contribution is 2.39. The van der Waals surface area contributed by atoms with Gasteiger partial charge in [0.2, 0.25) is 0 Å². The van der Waals surface area contributed by atoms with Crippen LogP contribution in [0.2, 0.25) is 0 Å². The number of ether oxygens (including phenoxy) is 10. The Morgan fingerprint density at radius 2 is 0.846 bits per heavy atom. The lowest BCUT2D eigenvalue weighted by atomic mass is 9.94. The third-order valence-electron chi connectivity index (χ3n) is 11.7. The first-order valence-electron chi connectivity index (χ1n) is 25.5. The Morgan fingerprint density at radius 1 is 0.418 bits per heavy atom. The molecule has 5 heterocycles. The fraction of sp³-hybridized carbons (Fsp3) is 0.935. The second-order valence-corrected chi connectivity index (χ2v) is 26.9. The maximum absolute atomic E-state index is 13.4. The van der Waals surface area contributed by atoms with Crippen molar-refractivity contribution in [2.75, 3.05) is 26.9 Å². The lowest BCUT2D eigenvalue weighted by Crippen LogP contribution is -2.71. The number of aliphatic carboxylic acids is 2. The molecule has 91 heavy (non-hydrogen) atoms. The number of hydrogen-bond donors (Lipinski definition) is 19. The molecule has 0 aliphatic carbocycles. The zero-order chi connectivity index (χ0) is 74.1. The van der Waals surface area contributed by atoms with Crippen LogP contribution in [0.15, 0.2) is 0 Å². The standard InChI is InChI=1S/C31H53N3O49S8/c1-69-27-9(33-85(48,49)50)13(37)17(6(74-27)3-71-88(57,58)59)76-31-22(83-91(66,67)68)16(40)21(24(81-31)26(43)44)79-29-10(34-86(51,52)53)19(82-90(63,64)65)18(7(75-29)4-72-89(60,61)62)77-30-15(39)14(38)20(23(80-30)25(41)42)78-28-8(32-84(45,46)47)12(36)11(35)5(73-28)2-70-87(54,55)56/h5-24,27-40H,2-4H2,1H3,(H,41,42)(H,43,44)(H,45,46,47)(H,48,49,50)(H,51,52,53)(H,54,55,56)(H,57,58,59)(H,60,61,62)(H,63,64,65)(H,66,67,68)/t5-,6-,7-,8-,9-,10-,11-,12-,13-,14-,15-,16+,17-,18+,19-,20+,21+,22-,23+,24-,27+,28-,29-,30-,31-/m1/s1/i16D,21D,22D,24D,31D. The van der Waals surface area contributed by atoms with Crippen LogP contribution < -0.4 is 14.2 Å². The molecule has 52 nitrogen and oxygen atoms in total. The number of aliphatic hydroxyl groups is 6. The van der Waals surface area contributed by atoms with Crippen molar-refractivity contribution in [2.24, 2.45) is 0 Å². The molecule has 0 bridgehead atoms. The molecule has 534 valence electrons. The van der Waals surface area contributed by atoms with E-state index in [0.29, 0.717) is 7.11 Å². The molecule has 5 fully saturated rings. The van der Waals surface area contributed by atoms with Gasteiger partial charge in [-0.3, -0.25) is 36.4 Å². The summed E-state index contributed by atoms with van der Waals surface area (Å²) in [6.45, 7) is -5.67. The highest BCUT2D eigenvalue weighted by atomic mass is 32.3. The van der Waals surface area contributed by atoms with Crippen molar-refractivity contribution in [1.29, 1.82) is 0 Å². The molecule has 0 unspecified atom stereocenters. The third-order valence-corrected chi connectivity index (χ3v) is 15.6. The van der Waals surface area contributed by atoms with Crippen LogP contribution in [0, 0.1) is 0 Å². The van der Waals surface area contributed by atoms with Crippen molar-refractivity contribution in [3.8, 4) is 0 Å². The largest absolute Gasteiger partial charge is 0.479 e. The van der Waals surface area contributed by atoms with Crippen LogP contribution in [-0.4, -0.2) is 337 Å². The van der Waals surface area contributed by atoms with Crippen molar-refractivity contribution in [1.82, 2.24) is 14.2 Å². The highest BCUT2D eigenvalue weighted by Gasteiger charge is 2.61. The second-order valence-electron chi connectivity index (χ2n) is 18.0. The summed E-state index contributed by atoms with van der Waals surface area (Å²) in [5.41, 5.74) is 0. The first kappa shape index (κ1) is 71.0. The number of rotatable bonds is 30. The maximum Gasteiger partial charge on any atom is 0.397 e. The van der Waals surface area contributed by atoms with E-state index < -0.39 is 268 Å². The normalized spacial score (nSPS) is 43.5. The highest BCUT2D eigenvalue weighted by molar-refractivity contribution is 7.84. The van der Waals surface area contributed by atoms with Crippen molar-refractivity contribution in [3.05, 3.63) is 0 Å². The van der Waals surface area contributed by atoms with Gasteiger partial charge in [-0.2, -0.15) is 81.5 Å². The minimum Gasteiger partial charge on any atom is -0.479 e. The molecule has 0 saturated carbocycles. The van der Waals surface area contributed by atoms with Gasteiger partial charge in [-0.05, 0) is 0 Å². The fourth-order valence-electron chi connectivity index (χ4n) is 8.34. The Balaban J connectivity index is 1.71. The molecule has 0 aromatic carbocycles. The number of carboxylic acids is 2. The molecule has 0 aromatic heterocycles. The maximum atomic E-state index is 13.4. The molecule has 0 spiro atoms. The Hall–Kier alpha value is -2.74. The first-order chi connectivity index (χ1) is 42.9. The molecule has 25 atom stereocenters. The summed E-state index contributed by atoms with van der Waals surface area (Å²) < 4.78 is 390. The van der Waals surface area contributed by atoms with Gasteiger partial charge in [0.05, 0.1) is 26.7 Å².